The number of rotatable bonds is 6. The van der Waals surface area contributed by atoms with Crippen LogP contribution in [0, 0.1) is 0 Å². The Labute approximate surface area is 119 Å². The predicted octanol–water partition coefficient (Wildman–Crippen LogP) is 2.53. The second-order valence-corrected chi connectivity index (χ2v) is 4.53. The number of hydrogen-bond acceptors (Lipinski definition) is 6. The Hall–Kier alpha value is -1.63. The van der Waals surface area contributed by atoms with Crippen molar-refractivity contribution in [2.45, 2.75) is 13.0 Å². The molecule has 0 amide bonds. The number of allylic oxidation sites excluding steroid dienone is 1. The lowest BCUT2D eigenvalue weighted by atomic mass is 10.3. The lowest BCUT2D eigenvalue weighted by molar-refractivity contribution is 0.348. The largest absolute Gasteiger partial charge is 0.368 e. The summed E-state index contributed by atoms with van der Waals surface area (Å²) in [5, 5.41) is 0.124. The fourth-order valence-electron chi connectivity index (χ4n) is 1.57. The van der Waals surface area contributed by atoms with Crippen LogP contribution in [0.3, 0.4) is 0 Å². The van der Waals surface area contributed by atoms with Gasteiger partial charge in [-0.25, -0.2) is 13.9 Å². The molecule has 0 spiro atoms. The summed E-state index contributed by atoms with van der Waals surface area (Å²) in [5.74, 6) is -0.403. The number of nitrogen functional groups attached to an aromatic ring is 1. The van der Waals surface area contributed by atoms with Gasteiger partial charge in [-0.05, 0) is 12.5 Å². The van der Waals surface area contributed by atoms with E-state index >= 15 is 0 Å². The van der Waals surface area contributed by atoms with Gasteiger partial charge in [0.2, 0.25) is 5.95 Å². The predicted molar refractivity (Wildman–Crippen MR) is 72.1 cm³/mol. The molecular formula is C10H10ClFN5O2P. The number of nitrogens with two attached hydrogens (primary N) is 1. The number of nitrogens with zero attached hydrogens (tertiary/aromatic N) is 4. The van der Waals surface area contributed by atoms with Gasteiger partial charge in [0.15, 0.2) is 10.8 Å². The van der Waals surface area contributed by atoms with E-state index in [0.29, 0.717) is 17.6 Å². The number of anilines is 1. The van der Waals surface area contributed by atoms with Crippen molar-refractivity contribution in [3.63, 3.8) is 0 Å². The smallest absolute Gasteiger partial charge is 0.327 e. The van der Waals surface area contributed by atoms with Crippen LogP contribution in [-0.4, -0.2) is 26.1 Å². The molecule has 2 aromatic heterocycles. The van der Waals surface area contributed by atoms with Crippen molar-refractivity contribution in [3.8, 4) is 0 Å². The van der Waals surface area contributed by atoms with E-state index in [2.05, 4.69) is 19.5 Å². The monoisotopic (exact) mass is 317 g/mol. The highest BCUT2D eigenvalue weighted by Gasteiger charge is 2.11. The molecule has 0 saturated heterocycles. The summed E-state index contributed by atoms with van der Waals surface area (Å²) in [5.41, 5.74) is 6.22. The second kappa shape index (κ2) is 6.69. The van der Waals surface area contributed by atoms with E-state index in [1.165, 1.54) is 17.0 Å². The quantitative estimate of drug-likeness (QED) is 0.499. The molecule has 10 heteroatoms. The molecule has 0 radical (unpaired) electrons. The minimum atomic E-state index is -0.419. The highest BCUT2D eigenvalue weighted by molar-refractivity contribution is 7.17. The van der Waals surface area contributed by atoms with E-state index in [4.69, 9.17) is 17.3 Å². The topological polar surface area (TPSA) is 95.9 Å². The van der Waals surface area contributed by atoms with Gasteiger partial charge in [-0.1, -0.05) is 11.6 Å². The number of fused-ring (bicyclic) bond motifs is 1. The van der Waals surface area contributed by atoms with Gasteiger partial charge in [0.25, 0.3) is 0 Å². The molecule has 2 aromatic rings. The lowest BCUT2D eigenvalue weighted by Gasteiger charge is -2.02. The highest BCUT2D eigenvalue weighted by Crippen LogP contribution is 2.20. The second-order valence-electron chi connectivity index (χ2n) is 3.76. The maximum atomic E-state index is 13.7. The minimum absolute atomic E-state index is 0.00325. The molecule has 0 unspecified atom stereocenters. The molecule has 0 aliphatic heterocycles. The van der Waals surface area contributed by atoms with Crippen LogP contribution in [0.2, 0.25) is 5.15 Å². The van der Waals surface area contributed by atoms with Gasteiger partial charge in [-0.3, -0.25) is 4.52 Å². The molecule has 0 fully saturated rings. The van der Waals surface area contributed by atoms with Gasteiger partial charge in [-0.15, -0.1) is 0 Å². The van der Waals surface area contributed by atoms with Crippen molar-refractivity contribution in [2.75, 3.05) is 12.3 Å². The normalized spacial score (nSPS) is 12.4. The van der Waals surface area contributed by atoms with Gasteiger partial charge in [-0.2, -0.15) is 9.97 Å². The van der Waals surface area contributed by atoms with Crippen LogP contribution in [0.1, 0.15) is 6.42 Å². The fraction of sp³-hybridized carbons (Fsp3) is 0.300. The summed E-state index contributed by atoms with van der Waals surface area (Å²) in [7, 11) is -0.419. The molecule has 2 heterocycles. The van der Waals surface area contributed by atoms with Crippen molar-refractivity contribution in [1.82, 2.24) is 19.5 Å². The molecule has 0 bridgehead atoms. The average Bonchev–Trinajstić information content (AvgIpc) is 2.78. The molecule has 0 aliphatic rings. The van der Waals surface area contributed by atoms with E-state index in [-0.39, 0.29) is 24.3 Å². The van der Waals surface area contributed by atoms with Gasteiger partial charge in [0.05, 0.1) is 19.5 Å². The van der Waals surface area contributed by atoms with Crippen LogP contribution in [0.5, 0.6) is 0 Å². The van der Waals surface area contributed by atoms with Crippen LogP contribution >= 0.6 is 20.3 Å². The summed E-state index contributed by atoms with van der Waals surface area (Å²) in [4.78, 5) is 11.8. The van der Waals surface area contributed by atoms with E-state index in [1.807, 2.05) is 0 Å². The summed E-state index contributed by atoms with van der Waals surface area (Å²) >= 11 is 5.87. The van der Waals surface area contributed by atoms with Crippen LogP contribution in [-0.2, 0) is 15.6 Å². The number of halogens is 2. The maximum absolute atomic E-state index is 13.7. The molecule has 7 nitrogen and oxygen atoms in total. The summed E-state index contributed by atoms with van der Waals surface area (Å²) in [6.07, 6.45) is 3.06. The molecule has 0 aliphatic carbocycles. The fourth-order valence-corrected chi connectivity index (χ4v) is 1.97. The summed E-state index contributed by atoms with van der Waals surface area (Å²) < 4.78 is 29.7. The minimum Gasteiger partial charge on any atom is -0.368 e. The molecular weight excluding hydrogens is 308 g/mol. The highest BCUT2D eigenvalue weighted by atomic mass is 35.5. The Kier molecular flexibility index (Phi) is 4.94. The number of aromatic nitrogens is 4. The third kappa shape index (κ3) is 3.47. The number of hydrogen-bond donors (Lipinski definition) is 1. The molecule has 0 atom stereocenters. The molecule has 106 valence electrons. The standard InChI is InChI=1S/C10H10ClFN5O2P/c11-8-7-9(16-10(13)15-8)17(5-14-7)4-6(12)2-1-3-19-20-18/h2,5H,1,3-4H2,(H2,13,15,16)/b6-2+. The van der Waals surface area contributed by atoms with Crippen LogP contribution < -0.4 is 5.73 Å². The first kappa shape index (κ1) is 14.8. The van der Waals surface area contributed by atoms with Crippen molar-refractivity contribution in [2.24, 2.45) is 0 Å². The maximum Gasteiger partial charge on any atom is 0.327 e. The van der Waals surface area contributed by atoms with E-state index < -0.39 is 14.5 Å². The third-order valence-corrected chi connectivity index (χ3v) is 2.94. The first-order chi connectivity index (χ1) is 9.61. The number of imidazole rings is 1. The van der Waals surface area contributed by atoms with Crippen molar-refractivity contribution in [3.05, 3.63) is 23.4 Å². The summed E-state index contributed by atoms with van der Waals surface area (Å²) in [6, 6.07) is 0. The van der Waals surface area contributed by atoms with E-state index in [0.717, 1.165) is 0 Å². The van der Waals surface area contributed by atoms with Crippen LogP contribution in [0.15, 0.2) is 18.2 Å². The Balaban J connectivity index is 2.15. The van der Waals surface area contributed by atoms with Gasteiger partial charge in [0, 0.05) is 0 Å². The Morgan fingerprint density at radius 3 is 3.15 bits per heavy atom. The van der Waals surface area contributed by atoms with Gasteiger partial charge in [0.1, 0.15) is 11.3 Å². The Bertz CT molecular complexity index is 662. The average molecular weight is 318 g/mol. The summed E-state index contributed by atoms with van der Waals surface area (Å²) in [6.45, 7) is 0.114. The third-order valence-electron chi connectivity index (χ3n) is 2.39. The van der Waals surface area contributed by atoms with Crippen molar-refractivity contribution >= 4 is 37.4 Å². The molecule has 0 saturated carbocycles. The Morgan fingerprint density at radius 1 is 1.60 bits per heavy atom. The van der Waals surface area contributed by atoms with Gasteiger partial charge >= 0.3 is 8.69 Å². The van der Waals surface area contributed by atoms with E-state index in [9.17, 15) is 8.96 Å². The van der Waals surface area contributed by atoms with Crippen LogP contribution in [0.25, 0.3) is 11.2 Å². The van der Waals surface area contributed by atoms with Gasteiger partial charge < -0.3 is 10.3 Å². The first-order valence-electron chi connectivity index (χ1n) is 5.55. The lowest BCUT2D eigenvalue weighted by Crippen LogP contribution is -2.02. The van der Waals surface area contributed by atoms with Crippen molar-refractivity contribution < 1.29 is 13.5 Å². The van der Waals surface area contributed by atoms with E-state index in [1.54, 1.807) is 0 Å². The molecule has 20 heavy (non-hydrogen) atoms. The van der Waals surface area contributed by atoms with Crippen LogP contribution in [0.4, 0.5) is 10.3 Å². The molecule has 2 N–H and O–H groups in total. The zero-order valence-corrected chi connectivity index (χ0v) is 11.8. The zero-order valence-electron chi connectivity index (χ0n) is 10.2. The van der Waals surface area contributed by atoms with Crippen molar-refractivity contribution in [1.29, 1.82) is 0 Å². The Morgan fingerprint density at radius 2 is 2.40 bits per heavy atom. The zero-order chi connectivity index (χ0) is 14.5. The SMILES string of the molecule is Nc1nc(Cl)c2ncn(C/C(F)=C\CCOP=O)c2n1. The molecule has 2 rings (SSSR count). The first-order valence-corrected chi connectivity index (χ1v) is 6.65. The molecule has 0 aromatic carbocycles.